The third-order valence-electron chi connectivity index (χ3n) is 6.16. The summed E-state index contributed by atoms with van der Waals surface area (Å²) in [6.45, 7) is 2.36. The molecule has 2 aromatic heterocycles. The Labute approximate surface area is 159 Å². The van der Waals surface area contributed by atoms with Crippen LogP contribution in [0.1, 0.15) is 48.5 Å². The van der Waals surface area contributed by atoms with Gasteiger partial charge in [-0.1, -0.05) is 25.3 Å². The average molecular weight is 373 g/mol. The predicted octanol–water partition coefficient (Wildman–Crippen LogP) is 2.80. The molecule has 4 rings (SSSR count). The molecule has 0 spiro atoms. The van der Waals surface area contributed by atoms with Crippen molar-refractivity contribution in [3.05, 3.63) is 40.3 Å². The molecule has 5 nitrogen and oxygen atoms in total. The van der Waals surface area contributed by atoms with Gasteiger partial charge in [-0.2, -0.15) is 5.10 Å². The van der Waals surface area contributed by atoms with E-state index in [1.165, 1.54) is 37.0 Å². The topological polar surface area (TPSA) is 59.0 Å². The number of aryl methyl sites for hydroxylation is 1. The summed E-state index contributed by atoms with van der Waals surface area (Å²) < 4.78 is 1.82. The summed E-state index contributed by atoms with van der Waals surface area (Å²) in [7, 11) is 1.93. The molecule has 2 aromatic rings. The van der Waals surface area contributed by atoms with Gasteiger partial charge in [-0.15, -0.1) is 11.3 Å². The van der Waals surface area contributed by atoms with Gasteiger partial charge in [-0.3, -0.25) is 9.48 Å². The molecule has 0 bridgehead atoms. The van der Waals surface area contributed by atoms with E-state index in [1.54, 1.807) is 0 Å². The normalized spacial score (nSPS) is 25.3. The van der Waals surface area contributed by atoms with Gasteiger partial charge in [0.25, 0.3) is 0 Å². The highest BCUT2D eigenvalue weighted by molar-refractivity contribution is 7.10. The quantitative estimate of drug-likeness (QED) is 0.848. The molecule has 0 aromatic carbocycles. The maximum absolute atomic E-state index is 13.0. The van der Waals surface area contributed by atoms with Crippen LogP contribution in [0.15, 0.2) is 29.9 Å². The second-order valence-corrected chi connectivity index (χ2v) is 8.80. The van der Waals surface area contributed by atoms with E-state index in [9.17, 15) is 4.79 Å². The standard InChI is InChI=1S/C20H28N4OS/c1-24-13-15(10-23-24)16-11-21-12-17(16)19(25)22-14-20(7-3-2-4-8-20)18-6-5-9-26-18/h5-6,9-10,13,16-17,21H,2-4,7-8,11-12,14H2,1H3,(H,22,25)/t16-,17+/m1/s1. The van der Waals surface area contributed by atoms with Crippen molar-refractivity contribution >= 4 is 17.2 Å². The Kier molecular flexibility index (Phi) is 5.14. The molecule has 2 atom stereocenters. The van der Waals surface area contributed by atoms with Crippen LogP contribution in [0.4, 0.5) is 0 Å². The van der Waals surface area contributed by atoms with Crippen LogP contribution in [-0.4, -0.2) is 35.3 Å². The largest absolute Gasteiger partial charge is 0.355 e. The summed E-state index contributed by atoms with van der Waals surface area (Å²) in [4.78, 5) is 14.5. The summed E-state index contributed by atoms with van der Waals surface area (Å²) in [6, 6.07) is 4.38. The van der Waals surface area contributed by atoms with Gasteiger partial charge in [0.1, 0.15) is 0 Å². The van der Waals surface area contributed by atoms with Crippen LogP contribution in [0.5, 0.6) is 0 Å². The molecule has 6 heteroatoms. The second kappa shape index (κ2) is 7.53. The molecule has 1 aliphatic heterocycles. The van der Waals surface area contributed by atoms with Crippen molar-refractivity contribution in [1.29, 1.82) is 0 Å². The molecule has 2 aliphatic rings. The minimum Gasteiger partial charge on any atom is -0.355 e. The van der Waals surface area contributed by atoms with E-state index >= 15 is 0 Å². The zero-order valence-corrected chi connectivity index (χ0v) is 16.2. The molecule has 0 unspecified atom stereocenters. The molecule has 1 amide bonds. The third-order valence-corrected chi connectivity index (χ3v) is 7.28. The molecule has 2 N–H and O–H groups in total. The van der Waals surface area contributed by atoms with E-state index in [0.29, 0.717) is 0 Å². The van der Waals surface area contributed by atoms with Gasteiger partial charge >= 0.3 is 0 Å². The minimum atomic E-state index is -0.0109. The lowest BCUT2D eigenvalue weighted by Gasteiger charge is -2.37. The van der Waals surface area contributed by atoms with Crippen LogP contribution in [0.25, 0.3) is 0 Å². The second-order valence-electron chi connectivity index (χ2n) is 7.85. The van der Waals surface area contributed by atoms with E-state index in [1.807, 2.05) is 35.5 Å². The van der Waals surface area contributed by atoms with Crippen LogP contribution < -0.4 is 10.6 Å². The number of nitrogens with one attached hydrogen (secondary N) is 2. The van der Waals surface area contributed by atoms with Gasteiger partial charge in [-0.25, -0.2) is 0 Å². The predicted molar refractivity (Wildman–Crippen MR) is 104 cm³/mol. The highest BCUT2D eigenvalue weighted by Gasteiger charge is 2.38. The zero-order chi connectivity index (χ0) is 18.0. The van der Waals surface area contributed by atoms with Crippen molar-refractivity contribution in [1.82, 2.24) is 20.4 Å². The lowest BCUT2D eigenvalue weighted by Crippen LogP contribution is -2.44. The Morgan fingerprint density at radius 3 is 2.92 bits per heavy atom. The fraction of sp³-hybridized carbons (Fsp3) is 0.600. The first-order valence-corrected chi connectivity index (χ1v) is 10.6. The Morgan fingerprint density at radius 2 is 2.23 bits per heavy atom. The smallest absolute Gasteiger partial charge is 0.225 e. The number of rotatable bonds is 5. The summed E-state index contributed by atoms with van der Waals surface area (Å²) in [6.07, 6.45) is 10.1. The molecule has 1 saturated heterocycles. The molecule has 1 aliphatic carbocycles. The summed E-state index contributed by atoms with van der Waals surface area (Å²) >= 11 is 1.84. The monoisotopic (exact) mass is 372 g/mol. The molecule has 26 heavy (non-hydrogen) atoms. The van der Waals surface area contributed by atoms with E-state index in [2.05, 4.69) is 33.2 Å². The van der Waals surface area contributed by atoms with Crippen LogP contribution >= 0.6 is 11.3 Å². The number of nitrogens with zero attached hydrogens (tertiary/aromatic N) is 2. The van der Waals surface area contributed by atoms with E-state index in [0.717, 1.165) is 25.2 Å². The first kappa shape index (κ1) is 17.7. The lowest BCUT2D eigenvalue weighted by atomic mass is 9.73. The van der Waals surface area contributed by atoms with Gasteiger partial charge in [-0.05, 0) is 29.9 Å². The molecule has 140 valence electrons. The van der Waals surface area contributed by atoms with E-state index in [-0.39, 0.29) is 23.2 Å². The zero-order valence-electron chi connectivity index (χ0n) is 15.4. The van der Waals surface area contributed by atoms with Crippen molar-refractivity contribution in [2.24, 2.45) is 13.0 Å². The van der Waals surface area contributed by atoms with Gasteiger partial charge < -0.3 is 10.6 Å². The molecule has 0 radical (unpaired) electrons. The van der Waals surface area contributed by atoms with Crippen LogP contribution in [0.3, 0.4) is 0 Å². The highest BCUT2D eigenvalue weighted by atomic mass is 32.1. The van der Waals surface area contributed by atoms with Crippen LogP contribution in [0, 0.1) is 5.92 Å². The number of carbonyl (C=O) groups is 1. The summed E-state index contributed by atoms with van der Waals surface area (Å²) in [5.74, 6) is 0.390. The Balaban J connectivity index is 1.45. The third kappa shape index (κ3) is 3.45. The fourth-order valence-electron chi connectivity index (χ4n) is 4.64. The van der Waals surface area contributed by atoms with Crippen molar-refractivity contribution in [2.45, 2.75) is 43.4 Å². The minimum absolute atomic E-state index is 0.0109. The van der Waals surface area contributed by atoms with E-state index < -0.39 is 0 Å². The molecular weight excluding hydrogens is 344 g/mol. The summed E-state index contributed by atoms with van der Waals surface area (Å²) in [5.41, 5.74) is 1.29. The maximum Gasteiger partial charge on any atom is 0.225 e. The van der Waals surface area contributed by atoms with Crippen molar-refractivity contribution in [2.75, 3.05) is 19.6 Å². The molecule has 3 heterocycles. The van der Waals surface area contributed by atoms with Crippen LogP contribution in [0.2, 0.25) is 0 Å². The van der Waals surface area contributed by atoms with Crippen LogP contribution in [-0.2, 0) is 17.3 Å². The first-order valence-electron chi connectivity index (χ1n) is 9.69. The van der Waals surface area contributed by atoms with E-state index in [4.69, 9.17) is 0 Å². The molecule has 2 fully saturated rings. The Hall–Kier alpha value is -1.66. The fourth-order valence-corrected chi connectivity index (χ4v) is 5.63. The number of amides is 1. The first-order chi connectivity index (χ1) is 12.7. The van der Waals surface area contributed by atoms with Gasteiger partial charge in [0.05, 0.1) is 12.1 Å². The molecular formula is C20H28N4OS. The number of aromatic nitrogens is 2. The Morgan fingerprint density at radius 1 is 1.38 bits per heavy atom. The van der Waals surface area contributed by atoms with Gasteiger partial charge in [0.15, 0.2) is 0 Å². The Bertz CT molecular complexity index is 733. The maximum atomic E-state index is 13.0. The van der Waals surface area contributed by atoms with Gasteiger partial charge in [0.2, 0.25) is 5.91 Å². The van der Waals surface area contributed by atoms with Crippen molar-refractivity contribution < 1.29 is 4.79 Å². The highest BCUT2D eigenvalue weighted by Crippen LogP contribution is 2.41. The number of carbonyl (C=O) groups excluding carboxylic acids is 1. The number of hydrogen-bond donors (Lipinski definition) is 2. The summed E-state index contributed by atoms with van der Waals surface area (Å²) in [5, 5.41) is 13.2. The average Bonchev–Trinajstić information content (AvgIpc) is 3.41. The SMILES string of the molecule is Cn1cc([C@H]2CNC[C@@H]2C(=O)NCC2(c3cccs3)CCCCC2)cn1. The molecule has 1 saturated carbocycles. The number of hydrogen-bond acceptors (Lipinski definition) is 4. The van der Waals surface area contributed by atoms with Gasteiger partial charge in [0, 0.05) is 49.1 Å². The lowest BCUT2D eigenvalue weighted by molar-refractivity contribution is -0.125. The van der Waals surface area contributed by atoms with Crippen molar-refractivity contribution in [3.63, 3.8) is 0 Å². The van der Waals surface area contributed by atoms with Crippen molar-refractivity contribution in [3.8, 4) is 0 Å². The number of thiophene rings is 1.